The maximum atomic E-state index is 4.35. The Labute approximate surface area is 79.7 Å². The van der Waals surface area contributed by atoms with Gasteiger partial charge in [-0.15, -0.1) is 0 Å². The van der Waals surface area contributed by atoms with Gasteiger partial charge in [-0.3, -0.25) is 4.99 Å². The molecule has 0 aliphatic rings. The SMILES string of the molecule is CCC=Nc1ccc(NC)cc1C. The van der Waals surface area contributed by atoms with Crippen molar-refractivity contribution in [1.82, 2.24) is 0 Å². The van der Waals surface area contributed by atoms with Crippen LogP contribution in [-0.4, -0.2) is 13.3 Å². The molecule has 0 saturated carbocycles. The van der Waals surface area contributed by atoms with Gasteiger partial charge in [0.15, 0.2) is 0 Å². The van der Waals surface area contributed by atoms with Crippen LogP contribution in [-0.2, 0) is 0 Å². The molecule has 0 saturated heterocycles. The zero-order valence-corrected chi connectivity index (χ0v) is 8.46. The molecule has 0 unspecified atom stereocenters. The highest BCUT2D eigenvalue weighted by atomic mass is 14.8. The molecular weight excluding hydrogens is 160 g/mol. The summed E-state index contributed by atoms with van der Waals surface area (Å²) >= 11 is 0. The molecule has 0 heterocycles. The summed E-state index contributed by atoms with van der Waals surface area (Å²) in [5.74, 6) is 0. The second kappa shape index (κ2) is 4.65. The van der Waals surface area contributed by atoms with E-state index in [-0.39, 0.29) is 0 Å². The van der Waals surface area contributed by atoms with Gasteiger partial charge in [0, 0.05) is 18.9 Å². The lowest BCUT2D eigenvalue weighted by molar-refractivity contribution is 1.30. The predicted molar refractivity (Wildman–Crippen MR) is 59.2 cm³/mol. The number of rotatable bonds is 3. The molecule has 0 aliphatic heterocycles. The van der Waals surface area contributed by atoms with E-state index in [1.54, 1.807) is 0 Å². The third-order valence-electron chi connectivity index (χ3n) is 1.90. The minimum Gasteiger partial charge on any atom is -0.388 e. The molecule has 1 rings (SSSR count). The summed E-state index contributed by atoms with van der Waals surface area (Å²) in [6.45, 7) is 4.16. The van der Waals surface area contributed by atoms with Gasteiger partial charge >= 0.3 is 0 Å². The monoisotopic (exact) mass is 176 g/mol. The summed E-state index contributed by atoms with van der Waals surface area (Å²) in [6, 6.07) is 6.17. The van der Waals surface area contributed by atoms with E-state index in [2.05, 4.69) is 30.2 Å². The fraction of sp³-hybridized carbons (Fsp3) is 0.364. The minimum absolute atomic E-state index is 0.979. The van der Waals surface area contributed by atoms with E-state index in [0.717, 1.165) is 17.8 Å². The van der Waals surface area contributed by atoms with Crippen molar-refractivity contribution in [1.29, 1.82) is 0 Å². The van der Waals surface area contributed by atoms with Crippen LogP contribution in [0.25, 0.3) is 0 Å². The first-order valence-electron chi connectivity index (χ1n) is 4.59. The molecule has 1 aromatic carbocycles. The lowest BCUT2D eigenvalue weighted by atomic mass is 10.2. The van der Waals surface area contributed by atoms with E-state index in [1.165, 1.54) is 5.56 Å². The molecule has 0 amide bonds. The number of aliphatic imine (C=N–C) groups is 1. The number of hydrogen-bond donors (Lipinski definition) is 1. The van der Waals surface area contributed by atoms with Crippen LogP contribution in [0.3, 0.4) is 0 Å². The molecule has 70 valence electrons. The average molecular weight is 176 g/mol. The third-order valence-corrected chi connectivity index (χ3v) is 1.90. The van der Waals surface area contributed by atoms with Crippen molar-refractivity contribution in [2.24, 2.45) is 4.99 Å². The Morgan fingerprint density at radius 1 is 1.46 bits per heavy atom. The van der Waals surface area contributed by atoms with Crippen molar-refractivity contribution in [3.63, 3.8) is 0 Å². The molecule has 2 nitrogen and oxygen atoms in total. The topological polar surface area (TPSA) is 24.4 Å². The summed E-state index contributed by atoms with van der Waals surface area (Å²) in [7, 11) is 1.92. The van der Waals surface area contributed by atoms with Crippen molar-refractivity contribution < 1.29 is 0 Å². The summed E-state index contributed by atoms with van der Waals surface area (Å²) < 4.78 is 0. The highest BCUT2D eigenvalue weighted by Gasteiger charge is 1.95. The molecule has 0 aromatic heterocycles. The van der Waals surface area contributed by atoms with E-state index in [1.807, 2.05) is 25.4 Å². The van der Waals surface area contributed by atoms with Gasteiger partial charge in [-0.25, -0.2) is 0 Å². The van der Waals surface area contributed by atoms with Crippen LogP contribution in [0.5, 0.6) is 0 Å². The first-order valence-corrected chi connectivity index (χ1v) is 4.59. The minimum atomic E-state index is 0.979. The average Bonchev–Trinajstić information content (AvgIpc) is 2.16. The number of benzene rings is 1. The standard InChI is InChI=1S/C11H16N2/c1-4-7-13-11-6-5-10(12-3)8-9(11)2/h5-8,12H,4H2,1-3H3. The summed E-state index contributed by atoms with van der Waals surface area (Å²) in [4.78, 5) is 4.35. The maximum Gasteiger partial charge on any atom is 0.0656 e. The first-order chi connectivity index (χ1) is 6.27. The highest BCUT2D eigenvalue weighted by molar-refractivity contribution is 5.66. The summed E-state index contributed by atoms with van der Waals surface area (Å²) in [5.41, 5.74) is 3.39. The van der Waals surface area contributed by atoms with Gasteiger partial charge in [0.1, 0.15) is 0 Å². The molecule has 1 N–H and O–H groups in total. The van der Waals surface area contributed by atoms with E-state index < -0.39 is 0 Å². The van der Waals surface area contributed by atoms with Crippen molar-refractivity contribution >= 4 is 17.6 Å². The lowest BCUT2D eigenvalue weighted by Gasteiger charge is -2.03. The Hall–Kier alpha value is -1.31. The molecule has 13 heavy (non-hydrogen) atoms. The normalized spacial score (nSPS) is 10.7. The van der Waals surface area contributed by atoms with Crippen LogP contribution < -0.4 is 5.32 Å². The van der Waals surface area contributed by atoms with Gasteiger partial charge in [-0.05, 0) is 37.1 Å². The van der Waals surface area contributed by atoms with Crippen LogP contribution >= 0.6 is 0 Å². The molecule has 0 fully saturated rings. The van der Waals surface area contributed by atoms with Gasteiger partial charge in [0.05, 0.1) is 5.69 Å². The zero-order valence-electron chi connectivity index (χ0n) is 8.46. The van der Waals surface area contributed by atoms with E-state index in [9.17, 15) is 0 Å². The Morgan fingerprint density at radius 2 is 2.23 bits per heavy atom. The summed E-state index contributed by atoms with van der Waals surface area (Å²) in [6.07, 6.45) is 2.91. The van der Waals surface area contributed by atoms with Crippen molar-refractivity contribution in [3.8, 4) is 0 Å². The van der Waals surface area contributed by atoms with Crippen molar-refractivity contribution in [3.05, 3.63) is 23.8 Å². The van der Waals surface area contributed by atoms with Gasteiger partial charge in [0.2, 0.25) is 0 Å². The van der Waals surface area contributed by atoms with Gasteiger partial charge in [0.25, 0.3) is 0 Å². The van der Waals surface area contributed by atoms with Crippen LogP contribution in [0.2, 0.25) is 0 Å². The number of nitrogens with zero attached hydrogens (tertiary/aromatic N) is 1. The Bertz CT molecular complexity index is 303. The van der Waals surface area contributed by atoms with Crippen molar-refractivity contribution in [2.75, 3.05) is 12.4 Å². The van der Waals surface area contributed by atoms with E-state index in [4.69, 9.17) is 0 Å². The number of nitrogens with one attached hydrogen (secondary N) is 1. The Morgan fingerprint density at radius 3 is 2.77 bits per heavy atom. The van der Waals surface area contributed by atoms with Gasteiger partial charge in [-0.2, -0.15) is 0 Å². The largest absolute Gasteiger partial charge is 0.388 e. The molecule has 0 radical (unpaired) electrons. The molecular formula is C11H16N2. The van der Waals surface area contributed by atoms with Crippen LogP contribution in [0.1, 0.15) is 18.9 Å². The van der Waals surface area contributed by atoms with E-state index in [0.29, 0.717) is 0 Å². The second-order valence-corrected chi connectivity index (χ2v) is 2.97. The Balaban J connectivity index is 2.91. The smallest absolute Gasteiger partial charge is 0.0656 e. The van der Waals surface area contributed by atoms with Gasteiger partial charge < -0.3 is 5.32 Å². The quantitative estimate of drug-likeness (QED) is 0.703. The predicted octanol–water partition coefficient (Wildman–Crippen LogP) is 3.15. The highest BCUT2D eigenvalue weighted by Crippen LogP contribution is 2.21. The lowest BCUT2D eigenvalue weighted by Crippen LogP contribution is -1.87. The molecule has 0 aliphatic carbocycles. The Kier molecular flexibility index (Phi) is 3.50. The molecule has 0 atom stereocenters. The van der Waals surface area contributed by atoms with Crippen LogP contribution in [0.15, 0.2) is 23.2 Å². The summed E-state index contributed by atoms with van der Waals surface area (Å²) in [5, 5.41) is 3.10. The zero-order chi connectivity index (χ0) is 9.68. The third kappa shape index (κ3) is 2.58. The fourth-order valence-corrected chi connectivity index (χ4v) is 1.15. The second-order valence-electron chi connectivity index (χ2n) is 2.97. The van der Waals surface area contributed by atoms with Gasteiger partial charge in [-0.1, -0.05) is 6.92 Å². The van der Waals surface area contributed by atoms with Crippen molar-refractivity contribution in [2.45, 2.75) is 20.3 Å². The van der Waals surface area contributed by atoms with Crippen LogP contribution in [0, 0.1) is 6.92 Å². The fourth-order valence-electron chi connectivity index (χ4n) is 1.15. The molecule has 0 spiro atoms. The number of aryl methyl sites for hydroxylation is 1. The molecule has 1 aromatic rings. The molecule has 2 heteroatoms. The first kappa shape index (κ1) is 9.78. The van der Waals surface area contributed by atoms with Crippen LogP contribution in [0.4, 0.5) is 11.4 Å². The van der Waals surface area contributed by atoms with E-state index >= 15 is 0 Å². The number of hydrogen-bond acceptors (Lipinski definition) is 2. The number of anilines is 1. The molecule has 0 bridgehead atoms. The maximum absolute atomic E-state index is 4.35.